The van der Waals surface area contributed by atoms with Gasteiger partial charge in [-0.25, -0.2) is 0 Å². The van der Waals surface area contributed by atoms with E-state index in [0.717, 1.165) is 5.57 Å². The van der Waals surface area contributed by atoms with E-state index in [1.807, 2.05) is 12.2 Å². The first-order valence-electron chi connectivity index (χ1n) is 2.99. The first-order chi connectivity index (χ1) is 4.81. The fourth-order valence-corrected chi connectivity index (χ4v) is 0.260. The predicted molar refractivity (Wildman–Crippen MR) is 48.8 cm³/mol. The molecule has 2 N–H and O–H groups in total. The molecular formula is C9H15N. The van der Waals surface area contributed by atoms with Crippen molar-refractivity contribution in [3.8, 4) is 0 Å². The van der Waals surface area contributed by atoms with Crippen LogP contribution in [0.15, 0.2) is 49.6 Å². The van der Waals surface area contributed by atoms with Crippen LogP contribution in [0.3, 0.4) is 0 Å². The maximum absolute atomic E-state index is 4.50. The Balaban J connectivity index is 0. The van der Waals surface area contributed by atoms with Gasteiger partial charge in [0.15, 0.2) is 0 Å². The van der Waals surface area contributed by atoms with Gasteiger partial charge in [0, 0.05) is 0 Å². The minimum Gasteiger partial charge on any atom is -0.333 e. The van der Waals surface area contributed by atoms with E-state index in [0.29, 0.717) is 0 Å². The lowest BCUT2D eigenvalue weighted by atomic mass is 10.3. The van der Waals surface area contributed by atoms with Crippen LogP contribution >= 0.6 is 0 Å². The number of hydrogen-bond donors (Lipinski definition) is 1. The lowest BCUT2D eigenvalue weighted by Crippen LogP contribution is -1.69. The molecule has 0 aliphatic carbocycles. The Morgan fingerprint density at radius 2 is 1.80 bits per heavy atom. The van der Waals surface area contributed by atoms with Gasteiger partial charge in [0.1, 0.15) is 0 Å². The summed E-state index contributed by atoms with van der Waals surface area (Å²) in [7, 11) is 1.50. The van der Waals surface area contributed by atoms with Crippen LogP contribution in [0.1, 0.15) is 0 Å². The summed E-state index contributed by atoms with van der Waals surface area (Å²) in [5.41, 5.74) is 5.41. The van der Waals surface area contributed by atoms with E-state index in [2.05, 4.69) is 25.5 Å². The second-order valence-corrected chi connectivity index (χ2v) is 1.37. The molecule has 0 fully saturated rings. The molecule has 0 aromatic rings. The maximum Gasteiger partial charge on any atom is -0.0195 e. The Kier molecular flexibility index (Phi) is 12.6. The van der Waals surface area contributed by atoms with Gasteiger partial charge >= 0.3 is 0 Å². The summed E-state index contributed by atoms with van der Waals surface area (Å²) < 4.78 is 0. The van der Waals surface area contributed by atoms with Gasteiger partial charge < -0.3 is 5.73 Å². The molecule has 0 spiro atoms. The van der Waals surface area contributed by atoms with Gasteiger partial charge in [-0.15, -0.1) is 0 Å². The zero-order valence-corrected chi connectivity index (χ0v) is 6.51. The highest BCUT2D eigenvalue weighted by molar-refractivity contribution is 5.27. The van der Waals surface area contributed by atoms with Crippen molar-refractivity contribution >= 4 is 0 Å². The van der Waals surface area contributed by atoms with Crippen LogP contribution in [0.25, 0.3) is 0 Å². The number of rotatable bonds is 3. The molecule has 0 radical (unpaired) electrons. The largest absolute Gasteiger partial charge is 0.333 e. The molecule has 10 heavy (non-hydrogen) atoms. The molecule has 1 nitrogen and oxygen atoms in total. The normalized spacial score (nSPS) is 7.80. The summed E-state index contributed by atoms with van der Waals surface area (Å²) in [5, 5.41) is 0. The second-order valence-electron chi connectivity index (χ2n) is 1.37. The number of hydrogen-bond acceptors (Lipinski definition) is 1. The zero-order valence-electron chi connectivity index (χ0n) is 6.51. The van der Waals surface area contributed by atoms with Crippen LogP contribution in [0.2, 0.25) is 0 Å². The molecule has 0 aromatic carbocycles. The fraction of sp³-hybridized carbons (Fsp3) is 0.111. The van der Waals surface area contributed by atoms with Crippen LogP contribution in [0.4, 0.5) is 0 Å². The molecular weight excluding hydrogens is 122 g/mol. The first-order valence-corrected chi connectivity index (χ1v) is 2.99. The van der Waals surface area contributed by atoms with Crippen LogP contribution in [-0.2, 0) is 0 Å². The van der Waals surface area contributed by atoms with Gasteiger partial charge in [-0.3, -0.25) is 0 Å². The Morgan fingerprint density at radius 1 is 1.30 bits per heavy atom. The van der Waals surface area contributed by atoms with Crippen molar-refractivity contribution < 1.29 is 0 Å². The van der Waals surface area contributed by atoms with Gasteiger partial charge in [0.05, 0.1) is 0 Å². The highest BCUT2D eigenvalue weighted by Gasteiger charge is 1.70. The maximum atomic E-state index is 4.50. The summed E-state index contributed by atoms with van der Waals surface area (Å²) in [5.74, 6) is 0. The van der Waals surface area contributed by atoms with Crippen molar-refractivity contribution in [1.82, 2.24) is 0 Å². The van der Waals surface area contributed by atoms with Crippen molar-refractivity contribution in [1.29, 1.82) is 0 Å². The molecule has 56 valence electrons. The summed E-state index contributed by atoms with van der Waals surface area (Å²) in [6.45, 7) is 10.7. The van der Waals surface area contributed by atoms with E-state index in [-0.39, 0.29) is 0 Å². The van der Waals surface area contributed by atoms with E-state index in [4.69, 9.17) is 0 Å². The molecule has 0 saturated heterocycles. The molecule has 0 rings (SSSR count). The monoisotopic (exact) mass is 137 g/mol. The van der Waals surface area contributed by atoms with Gasteiger partial charge in [0.25, 0.3) is 0 Å². The molecule has 0 unspecified atom stereocenters. The van der Waals surface area contributed by atoms with Crippen LogP contribution in [-0.4, -0.2) is 7.05 Å². The van der Waals surface area contributed by atoms with E-state index >= 15 is 0 Å². The minimum absolute atomic E-state index is 0.907. The summed E-state index contributed by atoms with van der Waals surface area (Å²) in [6, 6.07) is 0. The molecule has 0 aliphatic rings. The molecule has 0 amide bonds. The summed E-state index contributed by atoms with van der Waals surface area (Å²) >= 11 is 0. The summed E-state index contributed by atoms with van der Waals surface area (Å²) in [6.07, 6.45) is 7.07. The Morgan fingerprint density at radius 3 is 2.10 bits per heavy atom. The number of nitrogens with two attached hydrogens (primary N) is 1. The summed E-state index contributed by atoms with van der Waals surface area (Å²) in [4.78, 5) is 0. The predicted octanol–water partition coefficient (Wildman–Crippen LogP) is 2.05. The second kappa shape index (κ2) is 10.8. The lowest BCUT2D eigenvalue weighted by Gasteiger charge is -1.80. The lowest BCUT2D eigenvalue weighted by molar-refractivity contribution is 1.48. The molecule has 0 heterocycles. The van der Waals surface area contributed by atoms with E-state index < -0.39 is 0 Å². The Hall–Kier alpha value is -1.08. The van der Waals surface area contributed by atoms with Gasteiger partial charge in [-0.2, -0.15) is 0 Å². The van der Waals surface area contributed by atoms with Crippen molar-refractivity contribution in [2.24, 2.45) is 5.73 Å². The minimum atomic E-state index is 0.907. The van der Waals surface area contributed by atoms with Crippen molar-refractivity contribution in [2.45, 2.75) is 0 Å². The molecule has 0 aliphatic heterocycles. The van der Waals surface area contributed by atoms with Crippen LogP contribution in [0, 0.1) is 0 Å². The highest BCUT2D eigenvalue weighted by Crippen LogP contribution is 1.91. The van der Waals surface area contributed by atoms with E-state index in [9.17, 15) is 0 Å². The number of allylic oxidation sites excluding steroid dienone is 5. The fourth-order valence-electron chi connectivity index (χ4n) is 0.260. The van der Waals surface area contributed by atoms with E-state index in [1.54, 1.807) is 12.2 Å². The third kappa shape index (κ3) is 10.0. The highest BCUT2D eigenvalue weighted by atomic mass is 14.4. The quantitative estimate of drug-likeness (QED) is 0.592. The average molecular weight is 137 g/mol. The average Bonchev–Trinajstić information content (AvgIpc) is 2.04. The van der Waals surface area contributed by atoms with Gasteiger partial charge in [0.2, 0.25) is 0 Å². The first kappa shape index (κ1) is 11.7. The molecule has 0 bridgehead atoms. The smallest absolute Gasteiger partial charge is 0.0195 e. The molecule has 0 aromatic heterocycles. The Bertz CT molecular complexity index is 132. The van der Waals surface area contributed by atoms with Gasteiger partial charge in [-0.05, 0) is 12.6 Å². The standard InChI is InChI=1S/C8H10.CH5N/c1-4-6-7-8(3)5-2;1-2/h4-7H,1-3H2;2H2,1H3/b7-6-;. The zero-order chi connectivity index (χ0) is 8.41. The molecule has 0 saturated carbocycles. The van der Waals surface area contributed by atoms with Crippen molar-refractivity contribution in [3.63, 3.8) is 0 Å². The molecule has 0 atom stereocenters. The topological polar surface area (TPSA) is 26.0 Å². The van der Waals surface area contributed by atoms with Crippen molar-refractivity contribution in [2.75, 3.05) is 7.05 Å². The SMILES string of the molecule is C=C/C=C\C(=C)C=C.CN. The van der Waals surface area contributed by atoms with E-state index in [1.165, 1.54) is 7.05 Å². The van der Waals surface area contributed by atoms with Gasteiger partial charge in [-0.1, -0.05) is 44.0 Å². The van der Waals surface area contributed by atoms with Crippen LogP contribution in [0.5, 0.6) is 0 Å². The van der Waals surface area contributed by atoms with Crippen molar-refractivity contribution in [3.05, 3.63) is 49.6 Å². The third-order valence-electron chi connectivity index (χ3n) is 0.709. The molecule has 1 heteroatoms. The third-order valence-corrected chi connectivity index (χ3v) is 0.709. The Labute approximate surface area is 63.2 Å². The van der Waals surface area contributed by atoms with Crippen LogP contribution < -0.4 is 5.73 Å².